The molecule has 150 valence electrons. The lowest BCUT2D eigenvalue weighted by molar-refractivity contribution is -0.124. The molecule has 0 bridgehead atoms. The molecule has 1 amide bonds. The molecule has 1 N–H and O–H groups in total. The van der Waals surface area contributed by atoms with Gasteiger partial charge in [0.15, 0.2) is 18.1 Å². The number of hydrogen-bond acceptors (Lipinski definition) is 5. The van der Waals surface area contributed by atoms with E-state index in [0.717, 1.165) is 5.56 Å². The van der Waals surface area contributed by atoms with Gasteiger partial charge in [-0.3, -0.25) is 4.79 Å². The minimum atomic E-state index is -0.570. The lowest BCUT2D eigenvalue weighted by atomic mass is 10.1. The summed E-state index contributed by atoms with van der Waals surface area (Å²) in [6.45, 7) is 5.00. The van der Waals surface area contributed by atoms with E-state index in [2.05, 4.69) is 5.32 Å². The number of rotatable bonds is 10. The topological polar surface area (TPSA) is 73.9 Å². The Morgan fingerprint density at radius 1 is 0.964 bits per heavy atom. The highest BCUT2D eigenvalue weighted by atomic mass is 35.5. The van der Waals surface area contributed by atoms with Crippen molar-refractivity contribution in [2.75, 3.05) is 26.4 Å². The third kappa shape index (κ3) is 6.78. The van der Waals surface area contributed by atoms with Crippen molar-refractivity contribution < 1.29 is 23.8 Å². The first-order valence-corrected chi connectivity index (χ1v) is 9.49. The fraction of sp³-hybridized carbons (Fsp3) is 0.333. The van der Waals surface area contributed by atoms with Crippen LogP contribution in [0.3, 0.4) is 0 Å². The molecule has 0 saturated heterocycles. The molecule has 28 heavy (non-hydrogen) atoms. The van der Waals surface area contributed by atoms with Crippen molar-refractivity contribution >= 4 is 23.5 Å². The molecule has 2 rings (SSSR count). The van der Waals surface area contributed by atoms with E-state index >= 15 is 0 Å². The zero-order chi connectivity index (χ0) is 20.4. The van der Waals surface area contributed by atoms with Gasteiger partial charge in [0.05, 0.1) is 18.8 Å². The molecule has 0 aromatic heterocycles. The van der Waals surface area contributed by atoms with Gasteiger partial charge in [0, 0.05) is 11.6 Å². The van der Waals surface area contributed by atoms with E-state index in [-0.39, 0.29) is 12.5 Å². The molecule has 2 aromatic carbocycles. The standard InChI is InChI=1S/C21H24ClNO5/c1-3-26-18-10-5-15(13-19(18)27-4-2)11-12-23-20(24)14-28-21(25)16-6-8-17(22)9-7-16/h5-10,13H,3-4,11-12,14H2,1-2H3,(H,23,24). The smallest absolute Gasteiger partial charge is 0.338 e. The summed E-state index contributed by atoms with van der Waals surface area (Å²) in [5, 5.41) is 3.25. The molecule has 0 radical (unpaired) electrons. The van der Waals surface area contributed by atoms with E-state index < -0.39 is 5.97 Å². The number of carbonyl (C=O) groups excluding carboxylic acids is 2. The summed E-state index contributed by atoms with van der Waals surface area (Å²) in [6.07, 6.45) is 0.614. The van der Waals surface area contributed by atoms with Crippen LogP contribution in [0.15, 0.2) is 42.5 Å². The molecule has 0 unspecified atom stereocenters. The molecule has 0 aliphatic heterocycles. The van der Waals surface area contributed by atoms with E-state index in [9.17, 15) is 9.59 Å². The molecule has 0 atom stereocenters. The number of ether oxygens (including phenoxy) is 3. The average Bonchev–Trinajstić information content (AvgIpc) is 2.69. The fourth-order valence-electron chi connectivity index (χ4n) is 2.45. The van der Waals surface area contributed by atoms with Gasteiger partial charge in [0.2, 0.25) is 0 Å². The summed E-state index contributed by atoms with van der Waals surface area (Å²) in [4.78, 5) is 23.7. The minimum Gasteiger partial charge on any atom is -0.490 e. The molecule has 0 heterocycles. The Morgan fingerprint density at radius 2 is 1.64 bits per heavy atom. The van der Waals surface area contributed by atoms with Crippen molar-refractivity contribution in [3.05, 3.63) is 58.6 Å². The maximum atomic E-state index is 11.9. The second-order valence-corrected chi connectivity index (χ2v) is 6.27. The van der Waals surface area contributed by atoms with Gasteiger partial charge < -0.3 is 19.5 Å². The van der Waals surface area contributed by atoms with Crippen LogP contribution in [0.5, 0.6) is 11.5 Å². The van der Waals surface area contributed by atoms with Gasteiger partial charge in [-0.25, -0.2) is 4.79 Å². The second-order valence-electron chi connectivity index (χ2n) is 5.83. The molecule has 7 heteroatoms. The van der Waals surface area contributed by atoms with Gasteiger partial charge >= 0.3 is 5.97 Å². The quantitative estimate of drug-likeness (QED) is 0.611. The van der Waals surface area contributed by atoms with E-state index in [1.54, 1.807) is 24.3 Å². The highest BCUT2D eigenvalue weighted by Gasteiger charge is 2.10. The van der Waals surface area contributed by atoms with Crippen molar-refractivity contribution in [3.8, 4) is 11.5 Å². The van der Waals surface area contributed by atoms with Crippen LogP contribution < -0.4 is 14.8 Å². The monoisotopic (exact) mass is 405 g/mol. The van der Waals surface area contributed by atoms with Gasteiger partial charge in [-0.05, 0) is 62.2 Å². The Hall–Kier alpha value is -2.73. The first-order valence-electron chi connectivity index (χ1n) is 9.11. The third-order valence-corrected chi connectivity index (χ3v) is 4.01. The summed E-state index contributed by atoms with van der Waals surface area (Å²) >= 11 is 5.77. The Labute approximate surface area is 169 Å². The zero-order valence-corrected chi connectivity index (χ0v) is 16.8. The lowest BCUT2D eigenvalue weighted by Gasteiger charge is -2.12. The molecular weight excluding hydrogens is 382 g/mol. The first kappa shape index (κ1) is 21.6. The molecule has 0 aliphatic carbocycles. The predicted octanol–water partition coefficient (Wildman–Crippen LogP) is 3.65. The highest BCUT2D eigenvalue weighted by Crippen LogP contribution is 2.28. The molecule has 0 fully saturated rings. The molecular formula is C21H24ClNO5. The zero-order valence-electron chi connectivity index (χ0n) is 16.0. The van der Waals surface area contributed by atoms with E-state index in [1.165, 1.54) is 0 Å². The summed E-state index contributed by atoms with van der Waals surface area (Å²) in [6, 6.07) is 12.0. The summed E-state index contributed by atoms with van der Waals surface area (Å²) in [7, 11) is 0. The Kier molecular flexibility index (Phi) is 8.62. The molecule has 2 aromatic rings. The Bertz CT molecular complexity index is 792. The maximum Gasteiger partial charge on any atom is 0.338 e. The third-order valence-electron chi connectivity index (χ3n) is 3.76. The number of nitrogens with one attached hydrogen (secondary N) is 1. The van der Waals surface area contributed by atoms with Crippen molar-refractivity contribution in [2.24, 2.45) is 0 Å². The van der Waals surface area contributed by atoms with Gasteiger partial charge in [-0.1, -0.05) is 17.7 Å². The van der Waals surface area contributed by atoms with Crippen molar-refractivity contribution in [3.63, 3.8) is 0 Å². The number of hydrogen-bond donors (Lipinski definition) is 1. The Balaban J connectivity index is 1.77. The lowest BCUT2D eigenvalue weighted by Crippen LogP contribution is -2.30. The van der Waals surface area contributed by atoms with Gasteiger partial charge in [0.25, 0.3) is 5.91 Å². The number of amides is 1. The summed E-state index contributed by atoms with van der Waals surface area (Å²) < 4.78 is 16.1. The highest BCUT2D eigenvalue weighted by molar-refractivity contribution is 6.30. The second kappa shape index (κ2) is 11.2. The van der Waals surface area contributed by atoms with E-state index in [1.807, 2.05) is 32.0 Å². The fourth-order valence-corrected chi connectivity index (χ4v) is 2.57. The van der Waals surface area contributed by atoms with Crippen LogP contribution in [0, 0.1) is 0 Å². The van der Waals surface area contributed by atoms with Crippen LogP contribution in [-0.4, -0.2) is 38.2 Å². The van der Waals surface area contributed by atoms with Crippen molar-refractivity contribution in [2.45, 2.75) is 20.3 Å². The normalized spacial score (nSPS) is 10.2. The van der Waals surface area contributed by atoms with Crippen LogP contribution in [-0.2, 0) is 16.0 Å². The number of esters is 1. The first-order chi connectivity index (χ1) is 13.5. The van der Waals surface area contributed by atoms with Crippen molar-refractivity contribution in [1.82, 2.24) is 5.32 Å². The number of carbonyl (C=O) groups is 2. The molecule has 0 saturated carbocycles. The summed E-state index contributed by atoms with van der Waals surface area (Å²) in [5.41, 5.74) is 1.35. The molecule has 6 nitrogen and oxygen atoms in total. The largest absolute Gasteiger partial charge is 0.490 e. The maximum absolute atomic E-state index is 11.9. The van der Waals surface area contributed by atoms with Gasteiger partial charge in [-0.15, -0.1) is 0 Å². The van der Waals surface area contributed by atoms with Gasteiger partial charge in [-0.2, -0.15) is 0 Å². The molecule has 0 spiro atoms. The predicted molar refractivity (Wildman–Crippen MR) is 107 cm³/mol. The van der Waals surface area contributed by atoms with Crippen LogP contribution in [0.25, 0.3) is 0 Å². The van der Waals surface area contributed by atoms with Crippen LogP contribution in [0.1, 0.15) is 29.8 Å². The van der Waals surface area contributed by atoms with Crippen LogP contribution in [0.2, 0.25) is 5.02 Å². The SMILES string of the molecule is CCOc1ccc(CCNC(=O)COC(=O)c2ccc(Cl)cc2)cc1OCC. The van der Waals surface area contributed by atoms with Crippen LogP contribution in [0.4, 0.5) is 0 Å². The summed E-state index contributed by atoms with van der Waals surface area (Å²) in [5.74, 6) is 0.453. The van der Waals surface area contributed by atoms with Gasteiger partial charge in [0.1, 0.15) is 0 Å². The minimum absolute atomic E-state index is 0.338. The molecule has 0 aliphatic rings. The van der Waals surface area contributed by atoms with Crippen LogP contribution >= 0.6 is 11.6 Å². The van der Waals surface area contributed by atoms with E-state index in [4.69, 9.17) is 25.8 Å². The number of benzene rings is 2. The van der Waals surface area contributed by atoms with E-state index in [0.29, 0.717) is 48.3 Å². The average molecular weight is 406 g/mol. The number of halogens is 1. The van der Waals surface area contributed by atoms with Crippen molar-refractivity contribution in [1.29, 1.82) is 0 Å². The Morgan fingerprint density at radius 3 is 2.32 bits per heavy atom.